The van der Waals surface area contributed by atoms with Gasteiger partial charge in [0.2, 0.25) is 0 Å². The molecule has 0 aromatic rings. The summed E-state index contributed by atoms with van der Waals surface area (Å²) < 4.78 is 4.50. The molecule has 3 nitrogen and oxygen atoms in total. The molecule has 0 saturated carbocycles. The van der Waals surface area contributed by atoms with Crippen LogP contribution in [0.5, 0.6) is 0 Å². The molecule has 2 N–H and O–H groups in total. The second-order valence-corrected chi connectivity index (χ2v) is 5.87. The van der Waals surface area contributed by atoms with E-state index in [1.165, 1.54) is 0 Å². The number of aliphatic hydroxyl groups excluding tert-OH is 2. The molecular weight excluding hydrogens is 268 g/mol. The van der Waals surface area contributed by atoms with Crippen molar-refractivity contribution in [1.29, 1.82) is 0 Å². The smallest absolute Gasteiger partial charge is 0.180 e. The summed E-state index contributed by atoms with van der Waals surface area (Å²) in [6, 6.07) is 0. The van der Waals surface area contributed by atoms with E-state index in [0.29, 0.717) is 6.42 Å². The van der Waals surface area contributed by atoms with Crippen LogP contribution in [0, 0.1) is 0 Å². The van der Waals surface area contributed by atoms with Gasteiger partial charge in [0, 0.05) is 6.42 Å². The fourth-order valence-electron chi connectivity index (χ4n) is 0.882. The van der Waals surface area contributed by atoms with Crippen LogP contribution in [0.25, 0.3) is 0 Å². The van der Waals surface area contributed by atoms with Gasteiger partial charge < -0.3 is 14.9 Å². The van der Waals surface area contributed by atoms with E-state index in [2.05, 4.69) is 31.9 Å². The molecule has 0 aromatic carbocycles. The maximum Gasteiger partial charge on any atom is 0.180 e. The van der Waals surface area contributed by atoms with Gasteiger partial charge in [0.15, 0.2) is 3.42 Å². The molecule has 0 radical (unpaired) electrons. The SMILES string of the molecule is OC[C@H]1OC(Br)(Br)C[C@@H]1O. The van der Waals surface area contributed by atoms with Crippen LogP contribution in [0.2, 0.25) is 0 Å². The highest BCUT2D eigenvalue weighted by Crippen LogP contribution is 2.40. The van der Waals surface area contributed by atoms with Crippen LogP contribution in [0.3, 0.4) is 0 Å². The molecule has 1 fully saturated rings. The molecule has 1 saturated heterocycles. The fraction of sp³-hybridized carbons (Fsp3) is 1.00. The van der Waals surface area contributed by atoms with Gasteiger partial charge in [0.1, 0.15) is 6.10 Å². The lowest BCUT2D eigenvalue weighted by molar-refractivity contribution is -0.00659. The first kappa shape index (κ1) is 8.93. The molecule has 10 heavy (non-hydrogen) atoms. The molecule has 0 amide bonds. The number of alkyl halides is 2. The Morgan fingerprint density at radius 2 is 2.20 bits per heavy atom. The first-order chi connectivity index (χ1) is 4.55. The third kappa shape index (κ3) is 1.92. The molecule has 1 rings (SSSR count). The standard InChI is InChI=1S/C5H8Br2O3/c6-5(7)1-3(9)4(2-8)10-5/h3-4,8-9H,1-2H2/t3-,4+/m0/s1. The minimum atomic E-state index is -0.646. The van der Waals surface area contributed by atoms with Crippen molar-refractivity contribution < 1.29 is 14.9 Å². The van der Waals surface area contributed by atoms with Crippen molar-refractivity contribution in [1.82, 2.24) is 0 Å². The average Bonchev–Trinajstić information content (AvgIpc) is 2.05. The van der Waals surface area contributed by atoms with Crippen molar-refractivity contribution in [2.24, 2.45) is 0 Å². The van der Waals surface area contributed by atoms with Crippen molar-refractivity contribution in [3.63, 3.8) is 0 Å². The normalized spacial score (nSPS) is 38.4. The van der Waals surface area contributed by atoms with E-state index in [1.807, 2.05) is 0 Å². The second-order valence-electron chi connectivity index (χ2n) is 2.25. The van der Waals surface area contributed by atoms with Crippen LogP contribution in [0.4, 0.5) is 0 Å². The maximum absolute atomic E-state index is 9.18. The Labute approximate surface area is 75.6 Å². The fourth-order valence-corrected chi connectivity index (χ4v) is 2.03. The highest BCUT2D eigenvalue weighted by molar-refractivity contribution is 9.25. The van der Waals surface area contributed by atoms with Gasteiger partial charge >= 0.3 is 0 Å². The Hall–Kier alpha value is 0.840. The largest absolute Gasteiger partial charge is 0.394 e. The molecule has 0 spiro atoms. The summed E-state index contributed by atoms with van der Waals surface area (Å²) in [6.45, 7) is -0.153. The average molecular weight is 276 g/mol. The molecule has 1 heterocycles. The van der Waals surface area contributed by atoms with E-state index >= 15 is 0 Å². The second kappa shape index (κ2) is 3.06. The predicted octanol–water partition coefficient (Wildman–Crippen LogP) is 0.572. The lowest BCUT2D eigenvalue weighted by Crippen LogP contribution is -2.24. The van der Waals surface area contributed by atoms with Crippen LogP contribution in [0.15, 0.2) is 0 Å². The van der Waals surface area contributed by atoms with E-state index in [4.69, 9.17) is 9.84 Å². The number of halogens is 2. The van der Waals surface area contributed by atoms with Gasteiger partial charge in [-0.05, 0) is 31.9 Å². The summed E-state index contributed by atoms with van der Waals surface area (Å²) in [4.78, 5) is 0. The summed E-state index contributed by atoms with van der Waals surface area (Å²) in [6.07, 6.45) is -0.624. The van der Waals surface area contributed by atoms with E-state index < -0.39 is 15.6 Å². The molecule has 5 heteroatoms. The lowest BCUT2D eigenvalue weighted by Gasteiger charge is -2.12. The van der Waals surface area contributed by atoms with Gasteiger partial charge in [-0.2, -0.15) is 0 Å². The maximum atomic E-state index is 9.18. The number of ether oxygens (including phenoxy) is 1. The molecule has 0 aliphatic carbocycles. The van der Waals surface area contributed by atoms with Gasteiger partial charge in [0.05, 0.1) is 12.7 Å². The van der Waals surface area contributed by atoms with Gasteiger partial charge in [-0.25, -0.2) is 0 Å². The Balaban J connectivity index is 2.52. The van der Waals surface area contributed by atoms with E-state index in [0.717, 1.165) is 0 Å². The summed E-state index contributed by atoms with van der Waals surface area (Å²) in [5.41, 5.74) is 0. The summed E-state index contributed by atoms with van der Waals surface area (Å²) in [5.74, 6) is 0. The molecule has 1 aliphatic heterocycles. The van der Waals surface area contributed by atoms with Crippen LogP contribution >= 0.6 is 31.9 Å². The quantitative estimate of drug-likeness (QED) is 0.688. The van der Waals surface area contributed by atoms with Gasteiger partial charge in [-0.15, -0.1) is 0 Å². The topological polar surface area (TPSA) is 49.7 Å². The van der Waals surface area contributed by atoms with Crippen molar-refractivity contribution in [2.45, 2.75) is 22.0 Å². The molecule has 0 bridgehead atoms. The van der Waals surface area contributed by atoms with Crippen LogP contribution in [0.1, 0.15) is 6.42 Å². The molecule has 1 aliphatic rings. The van der Waals surface area contributed by atoms with Crippen molar-refractivity contribution in [3.05, 3.63) is 0 Å². The summed E-state index contributed by atoms with van der Waals surface area (Å²) >= 11 is 6.37. The molecular formula is C5H8Br2O3. The van der Waals surface area contributed by atoms with E-state index in [1.54, 1.807) is 0 Å². The Morgan fingerprint density at radius 3 is 2.40 bits per heavy atom. The van der Waals surface area contributed by atoms with Crippen LogP contribution < -0.4 is 0 Å². The Morgan fingerprint density at radius 1 is 1.60 bits per heavy atom. The zero-order valence-corrected chi connectivity index (χ0v) is 8.30. The zero-order valence-electron chi connectivity index (χ0n) is 5.13. The number of hydrogen-bond acceptors (Lipinski definition) is 3. The minimum absolute atomic E-state index is 0.153. The highest BCUT2D eigenvalue weighted by Gasteiger charge is 2.41. The third-order valence-corrected chi connectivity index (χ3v) is 2.40. The summed E-state index contributed by atoms with van der Waals surface area (Å²) in [7, 11) is 0. The van der Waals surface area contributed by atoms with Crippen LogP contribution in [-0.2, 0) is 4.74 Å². The lowest BCUT2D eigenvalue weighted by atomic mass is 10.2. The van der Waals surface area contributed by atoms with Crippen molar-refractivity contribution in [3.8, 4) is 0 Å². The first-order valence-electron chi connectivity index (χ1n) is 2.90. The molecule has 2 atom stereocenters. The van der Waals surface area contributed by atoms with Gasteiger partial charge in [-0.3, -0.25) is 0 Å². The van der Waals surface area contributed by atoms with E-state index in [-0.39, 0.29) is 6.61 Å². The number of rotatable bonds is 1. The van der Waals surface area contributed by atoms with Crippen LogP contribution in [-0.4, -0.2) is 32.4 Å². The molecule has 0 unspecified atom stereocenters. The highest BCUT2D eigenvalue weighted by atomic mass is 79.9. The number of aliphatic hydroxyl groups is 2. The summed E-state index contributed by atoms with van der Waals surface area (Å²) in [5, 5.41) is 17.8. The monoisotopic (exact) mass is 274 g/mol. The molecule has 60 valence electrons. The third-order valence-electron chi connectivity index (χ3n) is 1.38. The minimum Gasteiger partial charge on any atom is -0.394 e. The zero-order chi connectivity index (χ0) is 7.78. The van der Waals surface area contributed by atoms with Gasteiger partial charge in [-0.1, -0.05) is 0 Å². The van der Waals surface area contributed by atoms with E-state index in [9.17, 15) is 5.11 Å². The first-order valence-corrected chi connectivity index (χ1v) is 4.48. The molecule has 0 aromatic heterocycles. The van der Waals surface area contributed by atoms with Gasteiger partial charge in [0.25, 0.3) is 0 Å². The van der Waals surface area contributed by atoms with Crippen molar-refractivity contribution >= 4 is 31.9 Å². The Bertz CT molecular complexity index is 128. The predicted molar refractivity (Wildman–Crippen MR) is 43.2 cm³/mol. The Kier molecular flexibility index (Phi) is 2.74. The van der Waals surface area contributed by atoms with Crippen molar-refractivity contribution in [2.75, 3.05) is 6.61 Å². The number of hydrogen-bond donors (Lipinski definition) is 2.